The maximum absolute atomic E-state index is 6.31. The number of imidazole rings is 1. The van der Waals surface area contributed by atoms with E-state index in [1.165, 1.54) is 5.56 Å². The van der Waals surface area contributed by atoms with Crippen LogP contribution in [0.3, 0.4) is 0 Å². The SMILES string of the molecule is Cc1ccc(-n2c(C(C)Cl)nc3c(Cl)cccc32)cc1Br. The van der Waals surface area contributed by atoms with Crippen LogP contribution in [0.2, 0.25) is 5.02 Å². The molecule has 1 heterocycles. The maximum atomic E-state index is 6.31. The number of halogens is 3. The van der Waals surface area contributed by atoms with Gasteiger partial charge in [0.05, 0.1) is 15.9 Å². The van der Waals surface area contributed by atoms with Gasteiger partial charge in [-0.2, -0.15) is 0 Å². The van der Waals surface area contributed by atoms with Crippen molar-refractivity contribution >= 4 is 50.2 Å². The van der Waals surface area contributed by atoms with Gasteiger partial charge in [-0.05, 0) is 43.7 Å². The number of aryl methyl sites for hydroxylation is 1. The normalized spacial score (nSPS) is 12.8. The first kappa shape index (κ1) is 14.9. The van der Waals surface area contributed by atoms with Gasteiger partial charge in [0.25, 0.3) is 0 Å². The van der Waals surface area contributed by atoms with Gasteiger partial charge in [0, 0.05) is 10.2 Å². The molecule has 0 aliphatic rings. The molecule has 3 rings (SSSR count). The van der Waals surface area contributed by atoms with Crippen LogP contribution < -0.4 is 0 Å². The molecule has 5 heteroatoms. The van der Waals surface area contributed by atoms with Crippen molar-refractivity contribution in [2.75, 3.05) is 0 Å². The first-order valence-corrected chi connectivity index (χ1v) is 8.17. The van der Waals surface area contributed by atoms with E-state index in [-0.39, 0.29) is 5.38 Å². The van der Waals surface area contributed by atoms with E-state index < -0.39 is 0 Å². The smallest absolute Gasteiger partial charge is 0.132 e. The van der Waals surface area contributed by atoms with Gasteiger partial charge < -0.3 is 0 Å². The minimum atomic E-state index is -0.214. The number of aromatic nitrogens is 2. The molecule has 1 atom stereocenters. The van der Waals surface area contributed by atoms with Crippen LogP contribution in [0.5, 0.6) is 0 Å². The second-order valence-corrected chi connectivity index (χ2v) is 6.88. The monoisotopic (exact) mass is 382 g/mol. The van der Waals surface area contributed by atoms with Gasteiger partial charge in [0.15, 0.2) is 0 Å². The highest BCUT2D eigenvalue weighted by molar-refractivity contribution is 9.10. The summed E-state index contributed by atoms with van der Waals surface area (Å²) < 4.78 is 3.11. The minimum absolute atomic E-state index is 0.214. The summed E-state index contributed by atoms with van der Waals surface area (Å²) in [6.07, 6.45) is 0. The summed E-state index contributed by atoms with van der Waals surface area (Å²) in [7, 11) is 0. The third-order valence-electron chi connectivity index (χ3n) is 3.43. The lowest BCUT2D eigenvalue weighted by atomic mass is 10.2. The van der Waals surface area contributed by atoms with Crippen LogP contribution >= 0.6 is 39.1 Å². The fraction of sp³-hybridized carbons (Fsp3) is 0.188. The molecule has 0 fully saturated rings. The lowest BCUT2D eigenvalue weighted by molar-refractivity contribution is 0.882. The number of fused-ring (bicyclic) bond motifs is 1. The molecule has 1 aromatic heterocycles. The molecule has 1 unspecified atom stereocenters. The zero-order chi connectivity index (χ0) is 15.1. The van der Waals surface area contributed by atoms with Crippen LogP contribution in [0.25, 0.3) is 16.7 Å². The van der Waals surface area contributed by atoms with Gasteiger partial charge in [0.2, 0.25) is 0 Å². The molecule has 0 bridgehead atoms. The molecule has 108 valence electrons. The van der Waals surface area contributed by atoms with Crippen LogP contribution in [0.4, 0.5) is 0 Å². The van der Waals surface area contributed by atoms with Crippen LogP contribution in [-0.2, 0) is 0 Å². The molecular weight excluding hydrogens is 371 g/mol. The van der Waals surface area contributed by atoms with E-state index in [4.69, 9.17) is 23.2 Å². The Morgan fingerprint density at radius 1 is 1.24 bits per heavy atom. The first-order chi connectivity index (χ1) is 9.99. The van der Waals surface area contributed by atoms with Crippen molar-refractivity contribution < 1.29 is 0 Å². The Morgan fingerprint density at radius 3 is 2.67 bits per heavy atom. The summed E-state index contributed by atoms with van der Waals surface area (Å²) in [5, 5.41) is 0.421. The fourth-order valence-corrected chi connectivity index (χ4v) is 3.07. The van der Waals surface area contributed by atoms with Crippen molar-refractivity contribution in [2.24, 2.45) is 0 Å². The van der Waals surface area contributed by atoms with Gasteiger partial charge >= 0.3 is 0 Å². The number of rotatable bonds is 2. The number of benzene rings is 2. The Balaban J connectivity index is 2.36. The predicted molar refractivity (Wildman–Crippen MR) is 92.8 cm³/mol. The van der Waals surface area contributed by atoms with Crippen molar-refractivity contribution in [3.05, 3.63) is 57.3 Å². The molecule has 21 heavy (non-hydrogen) atoms. The lowest BCUT2D eigenvalue weighted by Gasteiger charge is -2.12. The first-order valence-electron chi connectivity index (χ1n) is 6.56. The topological polar surface area (TPSA) is 17.8 Å². The molecule has 0 saturated heterocycles. The number of para-hydroxylation sites is 1. The Kier molecular flexibility index (Phi) is 4.00. The Labute approximate surface area is 141 Å². The molecule has 0 N–H and O–H groups in total. The quantitative estimate of drug-likeness (QED) is 0.492. The average molecular weight is 384 g/mol. The van der Waals surface area contributed by atoms with Crippen molar-refractivity contribution in [1.29, 1.82) is 0 Å². The molecule has 3 aromatic rings. The Bertz CT molecular complexity index is 825. The molecule has 0 amide bonds. The molecular formula is C16H13BrCl2N2. The third-order valence-corrected chi connectivity index (χ3v) is 4.79. The van der Waals surface area contributed by atoms with E-state index in [1.54, 1.807) is 0 Å². The Morgan fingerprint density at radius 2 is 2.00 bits per heavy atom. The van der Waals surface area contributed by atoms with E-state index in [9.17, 15) is 0 Å². The summed E-state index contributed by atoms with van der Waals surface area (Å²) in [6.45, 7) is 3.97. The van der Waals surface area contributed by atoms with Crippen LogP contribution in [0.1, 0.15) is 23.7 Å². The molecule has 2 nitrogen and oxygen atoms in total. The van der Waals surface area contributed by atoms with E-state index in [2.05, 4.69) is 50.6 Å². The maximum Gasteiger partial charge on any atom is 0.132 e. The second-order valence-electron chi connectivity index (χ2n) is 4.96. The van der Waals surface area contributed by atoms with Crippen molar-refractivity contribution in [2.45, 2.75) is 19.2 Å². The molecule has 0 spiro atoms. The van der Waals surface area contributed by atoms with Gasteiger partial charge in [-0.3, -0.25) is 4.57 Å². The summed E-state index contributed by atoms with van der Waals surface area (Å²) in [5.41, 5.74) is 3.93. The fourth-order valence-electron chi connectivity index (χ4n) is 2.34. The Hall–Kier alpha value is -1.03. The van der Waals surface area contributed by atoms with E-state index >= 15 is 0 Å². The van der Waals surface area contributed by atoms with Gasteiger partial charge in [0.1, 0.15) is 11.3 Å². The lowest BCUT2D eigenvalue weighted by Crippen LogP contribution is -2.02. The van der Waals surface area contributed by atoms with Crippen LogP contribution in [0, 0.1) is 6.92 Å². The van der Waals surface area contributed by atoms with Gasteiger partial charge in [-0.1, -0.05) is 39.7 Å². The van der Waals surface area contributed by atoms with Crippen molar-refractivity contribution in [1.82, 2.24) is 9.55 Å². The highest BCUT2D eigenvalue weighted by atomic mass is 79.9. The summed E-state index contributed by atoms with van der Waals surface area (Å²) in [4.78, 5) is 4.62. The zero-order valence-electron chi connectivity index (χ0n) is 11.6. The van der Waals surface area contributed by atoms with Gasteiger partial charge in [-0.15, -0.1) is 11.6 Å². The predicted octanol–water partition coefficient (Wildman–Crippen LogP) is 6.05. The number of nitrogens with zero attached hydrogens (tertiary/aromatic N) is 2. The highest BCUT2D eigenvalue weighted by Crippen LogP contribution is 2.32. The van der Waals surface area contributed by atoms with E-state index in [1.807, 2.05) is 25.1 Å². The summed E-state index contributed by atoms with van der Waals surface area (Å²) >= 11 is 16.2. The van der Waals surface area contributed by atoms with Crippen molar-refractivity contribution in [3.63, 3.8) is 0 Å². The number of hydrogen-bond donors (Lipinski definition) is 0. The molecule has 0 aliphatic carbocycles. The van der Waals surface area contributed by atoms with E-state index in [0.29, 0.717) is 5.02 Å². The number of alkyl halides is 1. The number of hydrogen-bond acceptors (Lipinski definition) is 1. The molecule has 0 aliphatic heterocycles. The summed E-state index contributed by atoms with van der Waals surface area (Å²) in [6, 6.07) is 12.0. The molecule has 0 saturated carbocycles. The largest absolute Gasteiger partial charge is 0.295 e. The van der Waals surface area contributed by atoms with Crippen LogP contribution in [0.15, 0.2) is 40.9 Å². The van der Waals surface area contributed by atoms with E-state index in [0.717, 1.165) is 27.0 Å². The molecule has 0 radical (unpaired) electrons. The van der Waals surface area contributed by atoms with Gasteiger partial charge in [-0.25, -0.2) is 4.98 Å². The highest BCUT2D eigenvalue weighted by Gasteiger charge is 2.18. The average Bonchev–Trinajstić information content (AvgIpc) is 2.83. The standard InChI is InChI=1S/C16H13BrCl2N2/c1-9-6-7-11(8-12(9)17)21-14-5-3-4-13(19)15(14)20-16(21)10(2)18/h3-8,10H,1-2H3. The zero-order valence-corrected chi connectivity index (χ0v) is 14.7. The second kappa shape index (κ2) is 5.64. The molecule has 2 aromatic carbocycles. The van der Waals surface area contributed by atoms with Crippen LogP contribution in [-0.4, -0.2) is 9.55 Å². The summed E-state index contributed by atoms with van der Waals surface area (Å²) in [5.74, 6) is 0.788. The third kappa shape index (κ3) is 2.59. The minimum Gasteiger partial charge on any atom is -0.295 e. The van der Waals surface area contributed by atoms with Crippen molar-refractivity contribution in [3.8, 4) is 5.69 Å².